The molecule has 1 aromatic heterocycles. The summed E-state index contributed by atoms with van der Waals surface area (Å²) in [5, 5.41) is 2.78. The van der Waals surface area contributed by atoms with Crippen LogP contribution >= 0.6 is 0 Å². The van der Waals surface area contributed by atoms with E-state index in [4.69, 9.17) is 9.15 Å². The number of ether oxygens (including phenoxy) is 1. The number of aryl methyl sites for hydroxylation is 2. The van der Waals surface area contributed by atoms with Crippen molar-refractivity contribution in [1.82, 2.24) is 9.62 Å². The van der Waals surface area contributed by atoms with Gasteiger partial charge in [0.05, 0.1) is 19.3 Å². The Morgan fingerprint density at radius 2 is 1.83 bits per heavy atom. The molecule has 0 bridgehead atoms. The molecule has 1 amide bonds. The predicted octanol–water partition coefficient (Wildman–Crippen LogP) is 3.06. The number of nitrogens with zero attached hydrogens (tertiary/aromatic N) is 1. The van der Waals surface area contributed by atoms with E-state index in [1.165, 1.54) is 40.4 Å². The summed E-state index contributed by atoms with van der Waals surface area (Å²) < 4.78 is 37.4. The number of sulfonamides is 1. The summed E-state index contributed by atoms with van der Waals surface area (Å²) in [4.78, 5) is 12.8. The Morgan fingerprint density at radius 3 is 2.57 bits per heavy atom. The van der Waals surface area contributed by atoms with Gasteiger partial charge in [0.2, 0.25) is 5.09 Å². The SMILES string of the molecule is CCC(NC(=O)c1ccc(S(=O)(=O)N2CCOCC2)o1)c1ccc2c(c1)CCCC2. The van der Waals surface area contributed by atoms with Gasteiger partial charge in [0.15, 0.2) is 5.76 Å². The fraction of sp³-hybridized carbons (Fsp3) is 0.500. The third kappa shape index (κ3) is 4.31. The highest BCUT2D eigenvalue weighted by Gasteiger charge is 2.30. The molecular formula is C22H28N2O5S. The maximum atomic E-state index is 12.8. The van der Waals surface area contributed by atoms with Crippen molar-refractivity contribution in [3.63, 3.8) is 0 Å². The van der Waals surface area contributed by atoms with E-state index in [0.29, 0.717) is 13.2 Å². The lowest BCUT2D eigenvalue weighted by atomic mass is 9.89. The molecule has 162 valence electrons. The van der Waals surface area contributed by atoms with Crippen molar-refractivity contribution < 1.29 is 22.4 Å². The first kappa shape index (κ1) is 21.1. The fourth-order valence-electron chi connectivity index (χ4n) is 4.12. The van der Waals surface area contributed by atoms with Crippen LogP contribution in [-0.4, -0.2) is 44.9 Å². The molecule has 2 aromatic rings. The van der Waals surface area contributed by atoms with Gasteiger partial charge >= 0.3 is 0 Å². The van der Waals surface area contributed by atoms with E-state index in [-0.39, 0.29) is 30.0 Å². The topological polar surface area (TPSA) is 88.9 Å². The second-order valence-electron chi connectivity index (χ2n) is 7.80. The maximum Gasteiger partial charge on any atom is 0.287 e. The van der Waals surface area contributed by atoms with Crippen LogP contribution in [0.2, 0.25) is 0 Å². The third-order valence-electron chi connectivity index (χ3n) is 5.86. The van der Waals surface area contributed by atoms with Gasteiger partial charge in [0.1, 0.15) is 0 Å². The van der Waals surface area contributed by atoms with E-state index in [9.17, 15) is 13.2 Å². The van der Waals surface area contributed by atoms with Crippen LogP contribution in [0.25, 0.3) is 0 Å². The summed E-state index contributed by atoms with van der Waals surface area (Å²) >= 11 is 0. The lowest BCUT2D eigenvalue weighted by molar-refractivity contribution is 0.0722. The van der Waals surface area contributed by atoms with Crippen molar-refractivity contribution in [3.05, 3.63) is 52.8 Å². The van der Waals surface area contributed by atoms with Crippen molar-refractivity contribution in [2.45, 2.75) is 50.2 Å². The molecule has 2 heterocycles. The van der Waals surface area contributed by atoms with Crippen LogP contribution in [0.15, 0.2) is 39.8 Å². The van der Waals surface area contributed by atoms with Crippen LogP contribution in [0, 0.1) is 0 Å². The Balaban J connectivity index is 1.48. The summed E-state index contributed by atoms with van der Waals surface area (Å²) in [5.41, 5.74) is 3.83. The monoisotopic (exact) mass is 432 g/mol. The normalized spacial score (nSPS) is 18.6. The molecule has 1 atom stereocenters. The Kier molecular flexibility index (Phi) is 6.26. The standard InChI is InChI=1S/C22H28N2O5S/c1-2-19(18-8-7-16-5-3-4-6-17(16)15-18)23-22(25)20-9-10-21(29-20)30(26,27)24-11-13-28-14-12-24/h7-10,15,19H,2-6,11-14H2,1H3,(H,23,25). The number of carbonyl (C=O) groups is 1. The summed E-state index contributed by atoms with van der Waals surface area (Å²) in [6.45, 7) is 3.28. The quantitative estimate of drug-likeness (QED) is 0.758. The van der Waals surface area contributed by atoms with Crippen LogP contribution in [-0.2, 0) is 27.6 Å². The third-order valence-corrected chi connectivity index (χ3v) is 7.63. The molecule has 4 rings (SSSR count). The highest BCUT2D eigenvalue weighted by molar-refractivity contribution is 7.89. The molecule has 2 aliphatic rings. The highest BCUT2D eigenvalue weighted by atomic mass is 32.2. The summed E-state index contributed by atoms with van der Waals surface area (Å²) in [6.07, 6.45) is 5.35. The number of carbonyl (C=O) groups excluding carboxylic acids is 1. The van der Waals surface area contributed by atoms with Gasteiger partial charge in [-0.2, -0.15) is 4.31 Å². The zero-order valence-corrected chi connectivity index (χ0v) is 18.0. The molecule has 8 heteroatoms. The molecule has 30 heavy (non-hydrogen) atoms. The average Bonchev–Trinajstić information content (AvgIpc) is 3.29. The zero-order chi connectivity index (χ0) is 21.1. The molecule has 1 N–H and O–H groups in total. The van der Waals surface area contributed by atoms with Crippen molar-refractivity contribution in [2.24, 2.45) is 0 Å². The minimum absolute atomic E-state index is 0.00163. The van der Waals surface area contributed by atoms with Gasteiger partial charge in [-0.3, -0.25) is 4.79 Å². The first-order valence-electron chi connectivity index (χ1n) is 10.6. The molecule has 0 radical (unpaired) electrons. The number of benzene rings is 1. The van der Waals surface area contributed by atoms with Crippen LogP contribution in [0.1, 0.15) is 59.5 Å². The first-order chi connectivity index (χ1) is 14.5. The van der Waals surface area contributed by atoms with Crippen LogP contribution in [0.4, 0.5) is 0 Å². The van der Waals surface area contributed by atoms with E-state index in [1.54, 1.807) is 0 Å². The van der Waals surface area contributed by atoms with Gasteiger partial charge in [0.25, 0.3) is 15.9 Å². The first-order valence-corrected chi connectivity index (χ1v) is 12.0. The van der Waals surface area contributed by atoms with Crippen LogP contribution in [0.3, 0.4) is 0 Å². The predicted molar refractivity (Wildman–Crippen MR) is 112 cm³/mol. The summed E-state index contributed by atoms with van der Waals surface area (Å²) in [6, 6.07) is 9.04. The Bertz CT molecular complexity index is 1010. The van der Waals surface area contributed by atoms with Crippen LogP contribution in [0.5, 0.6) is 0 Å². The second kappa shape index (κ2) is 8.91. The van der Waals surface area contributed by atoms with Crippen molar-refractivity contribution in [2.75, 3.05) is 26.3 Å². The smallest absolute Gasteiger partial charge is 0.287 e. The molecule has 1 aliphatic heterocycles. The molecule has 1 fully saturated rings. The minimum Gasteiger partial charge on any atom is -0.438 e. The number of fused-ring (bicyclic) bond motifs is 1. The second-order valence-corrected chi connectivity index (χ2v) is 9.67. The van der Waals surface area contributed by atoms with Crippen molar-refractivity contribution in [1.29, 1.82) is 0 Å². The number of rotatable bonds is 6. The molecule has 1 aliphatic carbocycles. The largest absolute Gasteiger partial charge is 0.438 e. The number of amides is 1. The van der Waals surface area contributed by atoms with Crippen molar-refractivity contribution >= 4 is 15.9 Å². The Morgan fingerprint density at radius 1 is 1.10 bits per heavy atom. The molecule has 0 saturated carbocycles. The minimum atomic E-state index is -3.76. The Labute approximate surface area is 177 Å². The van der Waals surface area contributed by atoms with E-state index in [2.05, 4.69) is 23.5 Å². The summed E-state index contributed by atoms with van der Waals surface area (Å²) in [5.74, 6) is -0.416. The number of hydrogen-bond donors (Lipinski definition) is 1. The fourth-order valence-corrected chi connectivity index (χ4v) is 5.43. The number of nitrogens with one attached hydrogen (secondary N) is 1. The number of hydrogen-bond acceptors (Lipinski definition) is 5. The maximum absolute atomic E-state index is 12.8. The Hall–Kier alpha value is -2.16. The van der Waals surface area contributed by atoms with Gasteiger partial charge in [-0.1, -0.05) is 25.1 Å². The molecule has 1 saturated heterocycles. The zero-order valence-electron chi connectivity index (χ0n) is 17.2. The van der Waals surface area contributed by atoms with Gasteiger partial charge < -0.3 is 14.5 Å². The van der Waals surface area contributed by atoms with Crippen LogP contribution < -0.4 is 5.32 Å². The van der Waals surface area contributed by atoms with E-state index >= 15 is 0 Å². The lowest BCUT2D eigenvalue weighted by Crippen LogP contribution is -2.40. The molecule has 1 unspecified atom stereocenters. The molecule has 7 nitrogen and oxygen atoms in total. The van der Waals surface area contributed by atoms with E-state index in [0.717, 1.165) is 24.8 Å². The van der Waals surface area contributed by atoms with Gasteiger partial charge in [0, 0.05) is 13.1 Å². The molecular weight excluding hydrogens is 404 g/mol. The van der Waals surface area contributed by atoms with E-state index in [1.807, 2.05) is 6.92 Å². The molecule has 1 aromatic carbocycles. The van der Waals surface area contributed by atoms with Gasteiger partial charge in [-0.25, -0.2) is 8.42 Å². The van der Waals surface area contributed by atoms with Gasteiger partial charge in [-0.05, 0) is 60.9 Å². The van der Waals surface area contributed by atoms with Gasteiger partial charge in [-0.15, -0.1) is 0 Å². The lowest BCUT2D eigenvalue weighted by Gasteiger charge is -2.24. The van der Waals surface area contributed by atoms with Crippen molar-refractivity contribution in [3.8, 4) is 0 Å². The molecule has 0 spiro atoms. The van der Waals surface area contributed by atoms with E-state index < -0.39 is 15.9 Å². The average molecular weight is 433 g/mol. The number of furan rings is 1. The highest BCUT2D eigenvalue weighted by Crippen LogP contribution is 2.27. The number of morpholine rings is 1. The summed E-state index contributed by atoms with van der Waals surface area (Å²) in [7, 11) is -3.76.